The molecule has 3 rings (SSSR count). The molecule has 0 aliphatic carbocycles. The number of amides is 1. The van der Waals surface area contributed by atoms with Crippen LogP contribution in [0.15, 0.2) is 59.1 Å². The molecule has 3 aromatic rings. The van der Waals surface area contributed by atoms with Gasteiger partial charge in [-0.1, -0.05) is 35.8 Å². The van der Waals surface area contributed by atoms with Crippen molar-refractivity contribution in [3.63, 3.8) is 0 Å². The molecule has 0 saturated carbocycles. The van der Waals surface area contributed by atoms with Crippen molar-refractivity contribution in [2.24, 2.45) is 0 Å². The molecule has 4 nitrogen and oxygen atoms in total. The predicted molar refractivity (Wildman–Crippen MR) is 94.1 cm³/mol. The molecule has 1 amide bonds. The molecule has 1 aromatic heterocycles. The van der Waals surface area contributed by atoms with Crippen LogP contribution < -0.4 is 5.32 Å². The third-order valence-corrected chi connectivity index (χ3v) is 4.13. The fraction of sp³-hybridized carbons (Fsp3) is 0.158. The van der Waals surface area contributed by atoms with E-state index in [9.17, 15) is 9.18 Å². The van der Waals surface area contributed by atoms with Gasteiger partial charge in [-0.2, -0.15) is 0 Å². The number of rotatable bonds is 5. The van der Waals surface area contributed by atoms with Gasteiger partial charge in [0, 0.05) is 23.2 Å². The third-order valence-electron chi connectivity index (χ3n) is 3.88. The number of hydrogen-bond acceptors (Lipinski definition) is 3. The van der Waals surface area contributed by atoms with Gasteiger partial charge >= 0.3 is 0 Å². The second-order valence-corrected chi connectivity index (χ2v) is 6.18. The van der Waals surface area contributed by atoms with Crippen molar-refractivity contribution >= 4 is 17.5 Å². The van der Waals surface area contributed by atoms with Gasteiger partial charge in [0.1, 0.15) is 5.82 Å². The summed E-state index contributed by atoms with van der Waals surface area (Å²) in [5.41, 5.74) is 1.94. The fourth-order valence-corrected chi connectivity index (χ4v) is 2.50. The standard InChI is InChI=1S/C19H16ClFN2O2/c1-12(13-4-8-16(21)9-5-13)11-22-19(24)17-10-18(25-23-17)14-2-6-15(20)7-3-14/h2-10,12H,11H2,1H3,(H,22,24). The van der Waals surface area contributed by atoms with Crippen LogP contribution in [0.3, 0.4) is 0 Å². The van der Waals surface area contributed by atoms with Crippen LogP contribution in [0.1, 0.15) is 28.9 Å². The fourth-order valence-electron chi connectivity index (χ4n) is 2.38. The van der Waals surface area contributed by atoms with E-state index in [1.807, 2.05) is 6.92 Å². The zero-order valence-electron chi connectivity index (χ0n) is 13.5. The maximum atomic E-state index is 13.0. The molecule has 0 saturated heterocycles. The first kappa shape index (κ1) is 17.2. The van der Waals surface area contributed by atoms with E-state index in [4.69, 9.17) is 16.1 Å². The maximum absolute atomic E-state index is 13.0. The molecule has 0 fully saturated rings. The Balaban J connectivity index is 1.62. The zero-order valence-corrected chi connectivity index (χ0v) is 14.3. The summed E-state index contributed by atoms with van der Waals surface area (Å²) in [6, 6.07) is 14.9. The van der Waals surface area contributed by atoms with Gasteiger partial charge < -0.3 is 9.84 Å². The van der Waals surface area contributed by atoms with Crippen LogP contribution in [0.2, 0.25) is 5.02 Å². The molecule has 1 unspecified atom stereocenters. The Morgan fingerprint density at radius 3 is 2.56 bits per heavy atom. The number of nitrogens with one attached hydrogen (secondary N) is 1. The Kier molecular flexibility index (Phi) is 5.14. The second-order valence-electron chi connectivity index (χ2n) is 5.75. The number of aromatic nitrogens is 1. The number of nitrogens with zero attached hydrogens (tertiary/aromatic N) is 1. The van der Waals surface area contributed by atoms with Gasteiger partial charge in [0.15, 0.2) is 11.5 Å². The molecule has 0 radical (unpaired) electrons. The number of hydrogen-bond donors (Lipinski definition) is 1. The maximum Gasteiger partial charge on any atom is 0.273 e. The van der Waals surface area contributed by atoms with E-state index in [2.05, 4.69) is 10.5 Å². The van der Waals surface area contributed by atoms with Crippen LogP contribution in [0.5, 0.6) is 0 Å². The zero-order chi connectivity index (χ0) is 17.8. The molecule has 0 bridgehead atoms. The van der Waals surface area contributed by atoms with Crippen molar-refractivity contribution in [2.75, 3.05) is 6.54 Å². The summed E-state index contributed by atoms with van der Waals surface area (Å²) < 4.78 is 18.2. The minimum Gasteiger partial charge on any atom is -0.355 e. The van der Waals surface area contributed by atoms with E-state index >= 15 is 0 Å². The summed E-state index contributed by atoms with van der Waals surface area (Å²) in [6.45, 7) is 2.36. The van der Waals surface area contributed by atoms with Gasteiger partial charge in [0.25, 0.3) is 5.91 Å². The molecule has 6 heteroatoms. The van der Waals surface area contributed by atoms with Crippen molar-refractivity contribution in [1.82, 2.24) is 10.5 Å². The van der Waals surface area contributed by atoms with Gasteiger partial charge in [-0.3, -0.25) is 4.79 Å². The quantitative estimate of drug-likeness (QED) is 0.721. The number of halogens is 2. The number of carbonyl (C=O) groups excluding carboxylic acids is 1. The molecule has 0 spiro atoms. The van der Waals surface area contributed by atoms with Crippen LogP contribution in [0.4, 0.5) is 4.39 Å². The van der Waals surface area contributed by atoms with Gasteiger partial charge in [0.2, 0.25) is 0 Å². The van der Waals surface area contributed by atoms with E-state index < -0.39 is 0 Å². The van der Waals surface area contributed by atoms with Crippen LogP contribution >= 0.6 is 11.6 Å². The summed E-state index contributed by atoms with van der Waals surface area (Å²) in [7, 11) is 0. The molecule has 2 aromatic carbocycles. The molecule has 1 N–H and O–H groups in total. The molecule has 25 heavy (non-hydrogen) atoms. The van der Waals surface area contributed by atoms with Crippen molar-refractivity contribution in [2.45, 2.75) is 12.8 Å². The van der Waals surface area contributed by atoms with Gasteiger partial charge in [0.05, 0.1) is 0 Å². The summed E-state index contributed by atoms with van der Waals surface area (Å²) in [5, 5.41) is 7.24. The molecule has 128 valence electrons. The van der Waals surface area contributed by atoms with E-state index in [0.29, 0.717) is 17.3 Å². The first-order valence-electron chi connectivity index (χ1n) is 7.79. The average molecular weight is 359 g/mol. The summed E-state index contributed by atoms with van der Waals surface area (Å²) in [5.74, 6) is -0.0594. The van der Waals surface area contributed by atoms with Crippen LogP contribution in [-0.4, -0.2) is 17.6 Å². The normalized spacial score (nSPS) is 12.0. The molecule has 1 atom stereocenters. The Bertz CT molecular complexity index is 860. The second kappa shape index (κ2) is 7.49. The van der Waals surface area contributed by atoms with Gasteiger partial charge in [-0.25, -0.2) is 4.39 Å². The van der Waals surface area contributed by atoms with Gasteiger partial charge in [-0.05, 0) is 47.9 Å². The van der Waals surface area contributed by atoms with Crippen molar-refractivity contribution in [3.8, 4) is 11.3 Å². The minimum absolute atomic E-state index is 0.0483. The molecule has 0 aliphatic heterocycles. The minimum atomic E-state index is -0.321. The highest BCUT2D eigenvalue weighted by Crippen LogP contribution is 2.22. The third kappa shape index (κ3) is 4.25. The summed E-state index contributed by atoms with van der Waals surface area (Å²) >= 11 is 5.85. The smallest absolute Gasteiger partial charge is 0.273 e. The lowest BCUT2D eigenvalue weighted by Gasteiger charge is -2.12. The highest BCUT2D eigenvalue weighted by molar-refractivity contribution is 6.30. The van der Waals surface area contributed by atoms with Crippen molar-refractivity contribution in [3.05, 3.63) is 76.7 Å². The Labute approximate surface area is 149 Å². The van der Waals surface area contributed by atoms with E-state index in [1.165, 1.54) is 12.1 Å². The summed E-state index contributed by atoms with van der Waals surface area (Å²) in [6.07, 6.45) is 0. The van der Waals surface area contributed by atoms with Crippen LogP contribution in [-0.2, 0) is 0 Å². The SMILES string of the molecule is CC(CNC(=O)c1cc(-c2ccc(Cl)cc2)on1)c1ccc(F)cc1. The molecular weight excluding hydrogens is 343 g/mol. The largest absolute Gasteiger partial charge is 0.355 e. The lowest BCUT2D eigenvalue weighted by atomic mass is 10.0. The lowest BCUT2D eigenvalue weighted by molar-refractivity contribution is 0.0942. The van der Waals surface area contributed by atoms with Crippen molar-refractivity contribution < 1.29 is 13.7 Å². The Morgan fingerprint density at radius 1 is 1.20 bits per heavy atom. The number of carbonyl (C=O) groups is 1. The predicted octanol–water partition coefficient (Wildman–Crippen LogP) is 4.67. The summed E-state index contributed by atoms with van der Waals surface area (Å²) in [4.78, 5) is 12.2. The molecule has 0 aliphatic rings. The first-order valence-corrected chi connectivity index (χ1v) is 8.17. The highest BCUT2D eigenvalue weighted by atomic mass is 35.5. The van der Waals surface area contributed by atoms with E-state index in [-0.39, 0.29) is 23.3 Å². The Morgan fingerprint density at radius 2 is 1.88 bits per heavy atom. The number of benzene rings is 2. The molecular formula is C19H16ClFN2O2. The topological polar surface area (TPSA) is 55.1 Å². The van der Waals surface area contributed by atoms with Crippen molar-refractivity contribution in [1.29, 1.82) is 0 Å². The van der Waals surface area contributed by atoms with Crippen LogP contribution in [0, 0.1) is 5.82 Å². The van der Waals surface area contributed by atoms with Gasteiger partial charge in [-0.15, -0.1) is 0 Å². The molecule has 1 heterocycles. The lowest BCUT2D eigenvalue weighted by Crippen LogP contribution is -2.27. The highest BCUT2D eigenvalue weighted by Gasteiger charge is 2.15. The van der Waals surface area contributed by atoms with E-state index in [0.717, 1.165) is 11.1 Å². The average Bonchev–Trinajstić information content (AvgIpc) is 3.11. The first-order chi connectivity index (χ1) is 12.0. The van der Waals surface area contributed by atoms with E-state index in [1.54, 1.807) is 42.5 Å². The van der Waals surface area contributed by atoms with Crippen LogP contribution in [0.25, 0.3) is 11.3 Å². The Hall–Kier alpha value is -2.66. The monoisotopic (exact) mass is 358 g/mol.